The van der Waals surface area contributed by atoms with E-state index in [2.05, 4.69) is 28.5 Å². The summed E-state index contributed by atoms with van der Waals surface area (Å²) in [5, 5.41) is 7.99. The summed E-state index contributed by atoms with van der Waals surface area (Å²) in [5.41, 5.74) is 3.30. The van der Waals surface area contributed by atoms with Crippen molar-refractivity contribution >= 4 is 0 Å². The van der Waals surface area contributed by atoms with Gasteiger partial charge in [-0.15, -0.1) is 0 Å². The maximum Gasteiger partial charge on any atom is 0.137 e. The van der Waals surface area contributed by atoms with E-state index in [0.29, 0.717) is 0 Å². The fourth-order valence-electron chi connectivity index (χ4n) is 2.30. The zero-order valence-corrected chi connectivity index (χ0v) is 12.6. The third-order valence-corrected chi connectivity index (χ3v) is 3.26. The highest BCUT2D eigenvalue weighted by Crippen LogP contribution is 2.26. The van der Waals surface area contributed by atoms with E-state index in [1.54, 1.807) is 13.3 Å². The molecule has 0 aromatic carbocycles. The number of nitrogens with zero attached hydrogens (tertiary/aromatic N) is 3. The van der Waals surface area contributed by atoms with Crippen LogP contribution in [0.4, 0.5) is 0 Å². The molecule has 0 aliphatic carbocycles. The summed E-state index contributed by atoms with van der Waals surface area (Å²) in [4.78, 5) is 4.25. The number of ether oxygens (including phenoxy) is 1. The van der Waals surface area contributed by atoms with E-state index in [4.69, 9.17) is 4.74 Å². The van der Waals surface area contributed by atoms with Crippen LogP contribution in [0.1, 0.15) is 36.2 Å². The van der Waals surface area contributed by atoms with Crippen LogP contribution in [0.3, 0.4) is 0 Å². The molecule has 2 aromatic heterocycles. The zero-order chi connectivity index (χ0) is 14.5. The van der Waals surface area contributed by atoms with Crippen LogP contribution in [0.2, 0.25) is 0 Å². The number of pyridine rings is 1. The molecule has 5 heteroatoms. The monoisotopic (exact) mass is 274 g/mol. The Morgan fingerprint density at radius 1 is 1.40 bits per heavy atom. The molecule has 0 fully saturated rings. The molecule has 0 amide bonds. The fourth-order valence-corrected chi connectivity index (χ4v) is 2.30. The minimum Gasteiger partial charge on any atom is -0.495 e. The minimum atomic E-state index is 0.0891. The highest BCUT2D eigenvalue weighted by atomic mass is 16.5. The van der Waals surface area contributed by atoms with Crippen molar-refractivity contribution < 1.29 is 4.74 Å². The summed E-state index contributed by atoms with van der Waals surface area (Å²) >= 11 is 0. The largest absolute Gasteiger partial charge is 0.495 e. The molecule has 1 atom stereocenters. The fraction of sp³-hybridized carbons (Fsp3) is 0.467. The number of methoxy groups -OCH3 is 1. The SMILES string of the molecule is CCCNC(c1cncc(OC)c1)c1cn(C)nc1C. The first kappa shape index (κ1) is 14.5. The average molecular weight is 274 g/mol. The molecule has 2 aromatic rings. The van der Waals surface area contributed by atoms with Gasteiger partial charge >= 0.3 is 0 Å². The molecule has 0 spiro atoms. The van der Waals surface area contributed by atoms with E-state index in [-0.39, 0.29) is 6.04 Å². The smallest absolute Gasteiger partial charge is 0.137 e. The Bertz CT molecular complexity index is 565. The van der Waals surface area contributed by atoms with Gasteiger partial charge in [-0.3, -0.25) is 9.67 Å². The minimum absolute atomic E-state index is 0.0891. The summed E-state index contributed by atoms with van der Waals surface area (Å²) in [5.74, 6) is 0.771. The number of aromatic nitrogens is 3. The maximum absolute atomic E-state index is 5.27. The molecule has 20 heavy (non-hydrogen) atoms. The second kappa shape index (κ2) is 6.52. The quantitative estimate of drug-likeness (QED) is 0.877. The lowest BCUT2D eigenvalue weighted by atomic mass is 10.0. The van der Waals surface area contributed by atoms with Gasteiger partial charge in [-0.1, -0.05) is 6.92 Å². The molecule has 1 N–H and O–H groups in total. The van der Waals surface area contributed by atoms with Gasteiger partial charge in [0, 0.05) is 25.0 Å². The highest BCUT2D eigenvalue weighted by molar-refractivity contribution is 5.34. The van der Waals surface area contributed by atoms with Crippen molar-refractivity contribution in [2.45, 2.75) is 26.3 Å². The highest BCUT2D eigenvalue weighted by Gasteiger charge is 2.18. The van der Waals surface area contributed by atoms with Crippen molar-refractivity contribution in [1.82, 2.24) is 20.1 Å². The lowest BCUT2D eigenvalue weighted by Gasteiger charge is -2.18. The van der Waals surface area contributed by atoms with Gasteiger partial charge in [-0.25, -0.2) is 0 Å². The van der Waals surface area contributed by atoms with Crippen molar-refractivity contribution in [1.29, 1.82) is 0 Å². The maximum atomic E-state index is 5.27. The summed E-state index contributed by atoms with van der Waals surface area (Å²) in [6.45, 7) is 5.13. The van der Waals surface area contributed by atoms with Crippen LogP contribution in [0.15, 0.2) is 24.7 Å². The molecule has 0 bridgehead atoms. The number of aryl methyl sites for hydroxylation is 2. The predicted octanol–water partition coefficient (Wildman–Crippen LogP) is 2.22. The molecular weight excluding hydrogens is 252 g/mol. The Morgan fingerprint density at radius 2 is 2.20 bits per heavy atom. The van der Waals surface area contributed by atoms with E-state index in [1.807, 2.05) is 30.9 Å². The van der Waals surface area contributed by atoms with E-state index >= 15 is 0 Å². The van der Waals surface area contributed by atoms with E-state index in [0.717, 1.165) is 30.0 Å². The Balaban J connectivity index is 2.38. The molecule has 5 nitrogen and oxygen atoms in total. The lowest BCUT2D eigenvalue weighted by Crippen LogP contribution is -2.23. The number of rotatable bonds is 6. The second-order valence-corrected chi connectivity index (χ2v) is 4.89. The van der Waals surface area contributed by atoms with Crippen molar-refractivity contribution in [3.63, 3.8) is 0 Å². The molecule has 0 radical (unpaired) electrons. The Kier molecular flexibility index (Phi) is 4.74. The van der Waals surface area contributed by atoms with E-state index < -0.39 is 0 Å². The first-order chi connectivity index (χ1) is 9.65. The average Bonchev–Trinajstić information content (AvgIpc) is 2.78. The van der Waals surface area contributed by atoms with Crippen molar-refractivity contribution in [2.24, 2.45) is 7.05 Å². The van der Waals surface area contributed by atoms with Gasteiger partial charge in [0.25, 0.3) is 0 Å². The first-order valence-electron chi connectivity index (χ1n) is 6.88. The summed E-state index contributed by atoms with van der Waals surface area (Å²) in [6, 6.07) is 2.11. The molecule has 0 aliphatic rings. The standard InChI is InChI=1S/C15H22N4O/c1-5-6-17-15(14-10-19(3)18-11(14)2)12-7-13(20-4)9-16-8-12/h7-10,15,17H,5-6H2,1-4H3. The number of nitrogens with one attached hydrogen (secondary N) is 1. The number of hydrogen-bond donors (Lipinski definition) is 1. The van der Waals surface area contributed by atoms with Gasteiger partial charge < -0.3 is 10.1 Å². The first-order valence-corrected chi connectivity index (χ1v) is 6.88. The van der Waals surface area contributed by atoms with Crippen molar-refractivity contribution in [3.05, 3.63) is 41.5 Å². The molecule has 0 saturated carbocycles. The molecule has 0 saturated heterocycles. The topological polar surface area (TPSA) is 52.0 Å². The van der Waals surface area contributed by atoms with Crippen LogP contribution in [-0.4, -0.2) is 28.4 Å². The molecular formula is C15H22N4O. The second-order valence-electron chi connectivity index (χ2n) is 4.89. The Morgan fingerprint density at radius 3 is 2.80 bits per heavy atom. The van der Waals surface area contributed by atoms with Gasteiger partial charge in [0.2, 0.25) is 0 Å². The lowest BCUT2D eigenvalue weighted by molar-refractivity contribution is 0.411. The Hall–Kier alpha value is -1.88. The van der Waals surface area contributed by atoms with Gasteiger partial charge in [0.05, 0.1) is 25.0 Å². The molecule has 2 heterocycles. The summed E-state index contributed by atoms with van der Waals surface area (Å²) in [7, 11) is 3.60. The molecule has 2 rings (SSSR count). The normalized spacial score (nSPS) is 12.4. The van der Waals surface area contributed by atoms with Crippen molar-refractivity contribution in [2.75, 3.05) is 13.7 Å². The summed E-state index contributed by atoms with van der Waals surface area (Å²) < 4.78 is 7.12. The summed E-state index contributed by atoms with van der Waals surface area (Å²) in [6.07, 6.45) is 6.73. The van der Waals surface area contributed by atoms with Crippen LogP contribution >= 0.6 is 0 Å². The van der Waals surface area contributed by atoms with Gasteiger partial charge in [0.1, 0.15) is 5.75 Å². The molecule has 1 unspecified atom stereocenters. The van der Waals surface area contributed by atoms with Gasteiger partial charge in [-0.2, -0.15) is 5.10 Å². The number of hydrogen-bond acceptors (Lipinski definition) is 4. The van der Waals surface area contributed by atoms with Crippen LogP contribution in [0.5, 0.6) is 5.75 Å². The molecule has 108 valence electrons. The van der Waals surface area contributed by atoms with Crippen molar-refractivity contribution in [3.8, 4) is 5.75 Å². The van der Waals surface area contributed by atoms with Gasteiger partial charge in [0.15, 0.2) is 0 Å². The molecule has 0 aliphatic heterocycles. The van der Waals surface area contributed by atoms with Crippen LogP contribution in [-0.2, 0) is 7.05 Å². The van der Waals surface area contributed by atoms with Crippen LogP contribution in [0, 0.1) is 6.92 Å². The predicted molar refractivity (Wildman–Crippen MR) is 78.9 cm³/mol. The van der Waals surface area contributed by atoms with Gasteiger partial charge in [-0.05, 0) is 31.5 Å². The third-order valence-electron chi connectivity index (χ3n) is 3.26. The van der Waals surface area contributed by atoms with E-state index in [9.17, 15) is 0 Å². The Labute approximate surface area is 120 Å². The van der Waals surface area contributed by atoms with Crippen LogP contribution < -0.4 is 10.1 Å². The third kappa shape index (κ3) is 3.17. The zero-order valence-electron chi connectivity index (χ0n) is 12.6. The van der Waals surface area contributed by atoms with Crippen LogP contribution in [0.25, 0.3) is 0 Å². The van der Waals surface area contributed by atoms with E-state index in [1.165, 1.54) is 5.56 Å².